The zero-order chi connectivity index (χ0) is 14.9. The topological polar surface area (TPSA) is 45.7 Å². The second kappa shape index (κ2) is 8.32. The van der Waals surface area contributed by atoms with Crippen LogP contribution in [0.15, 0.2) is 46.8 Å². The van der Waals surface area contributed by atoms with Crippen LogP contribution in [-0.2, 0) is 13.0 Å². The molecular weight excluding hydrogens is 282 g/mol. The zero-order valence-corrected chi connectivity index (χ0v) is 13.2. The minimum atomic E-state index is 0.802. The van der Waals surface area contributed by atoms with Gasteiger partial charge in [-0.3, -0.25) is 4.99 Å². The van der Waals surface area contributed by atoms with Crippen molar-refractivity contribution in [1.29, 1.82) is 0 Å². The molecule has 0 bridgehead atoms. The van der Waals surface area contributed by atoms with E-state index in [9.17, 15) is 0 Å². The lowest BCUT2D eigenvalue weighted by Gasteiger charge is -2.11. The van der Waals surface area contributed by atoms with Gasteiger partial charge in [-0.2, -0.15) is 0 Å². The number of nitrogens with one attached hydrogen (secondary N) is 2. The standard InChI is InChI=1S/C16H21N3OS/c1-17-16(19-12-15-7-4-10-21-15)18-9-8-13-5-3-6-14(11-13)20-2/h3-7,10-11H,8-9,12H2,1-2H3,(H2,17,18,19). The molecule has 0 saturated carbocycles. The fraction of sp³-hybridized carbons (Fsp3) is 0.312. The Morgan fingerprint density at radius 3 is 2.86 bits per heavy atom. The Hall–Kier alpha value is -2.01. The van der Waals surface area contributed by atoms with Gasteiger partial charge in [0, 0.05) is 18.5 Å². The summed E-state index contributed by atoms with van der Waals surface area (Å²) in [5.74, 6) is 1.72. The normalized spacial score (nSPS) is 11.2. The van der Waals surface area contributed by atoms with Gasteiger partial charge < -0.3 is 15.4 Å². The molecule has 4 nitrogen and oxygen atoms in total. The number of methoxy groups -OCH3 is 1. The van der Waals surface area contributed by atoms with Crippen molar-refractivity contribution in [3.05, 3.63) is 52.2 Å². The van der Waals surface area contributed by atoms with E-state index in [1.807, 2.05) is 12.1 Å². The summed E-state index contributed by atoms with van der Waals surface area (Å²) in [5.41, 5.74) is 1.25. The maximum absolute atomic E-state index is 5.23. The molecule has 0 amide bonds. The first-order valence-electron chi connectivity index (χ1n) is 6.91. The van der Waals surface area contributed by atoms with Gasteiger partial charge in [0.15, 0.2) is 5.96 Å². The van der Waals surface area contributed by atoms with Gasteiger partial charge in [0.05, 0.1) is 13.7 Å². The lowest BCUT2D eigenvalue weighted by Crippen LogP contribution is -2.37. The molecule has 0 unspecified atom stereocenters. The van der Waals surface area contributed by atoms with Gasteiger partial charge in [-0.25, -0.2) is 0 Å². The lowest BCUT2D eigenvalue weighted by molar-refractivity contribution is 0.414. The Balaban J connectivity index is 1.75. The molecule has 21 heavy (non-hydrogen) atoms. The van der Waals surface area contributed by atoms with Gasteiger partial charge in [0.25, 0.3) is 0 Å². The predicted octanol–water partition coefficient (Wildman–Crippen LogP) is 2.66. The van der Waals surface area contributed by atoms with Crippen molar-refractivity contribution in [3.8, 4) is 5.75 Å². The molecule has 0 aliphatic carbocycles. The molecule has 1 aromatic heterocycles. The number of thiophene rings is 1. The highest BCUT2D eigenvalue weighted by Crippen LogP contribution is 2.12. The Morgan fingerprint density at radius 1 is 1.24 bits per heavy atom. The van der Waals surface area contributed by atoms with Crippen molar-refractivity contribution >= 4 is 17.3 Å². The van der Waals surface area contributed by atoms with E-state index in [0.29, 0.717) is 0 Å². The van der Waals surface area contributed by atoms with Crippen LogP contribution in [0.1, 0.15) is 10.4 Å². The van der Waals surface area contributed by atoms with Crippen LogP contribution in [0.3, 0.4) is 0 Å². The minimum Gasteiger partial charge on any atom is -0.497 e. The highest BCUT2D eigenvalue weighted by atomic mass is 32.1. The van der Waals surface area contributed by atoms with Gasteiger partial charge in [-0.15, -0.1) is 11.3 Å². The summed E-state index contributed by atoms with van der Waals surface area (Å²) in [6, 6.07) is 12.3. The number of hydrogen-bond donors (Lipinski definition) is 2. The van der Waals surface area contributed by atoms with E-state index in [-0.39, 0.29) is 0 Å². The second-order valence-electron chi connectivity index (χ2n) is 4.53. The molecule has 5 heteroatoms. The number of nitrogens with zero attached hydrogens (tertiary/aromatic N) is 1. The molecule has 0 aliphatic heterocycles. The molecule has 1 aromatic carbocycles. The van der Waals surface area contributed by atoms with Gasteiger partial charge in [-0.1, -0.05) is 18.2 Å². The van der Waals surface area contributed by atoms with Crippen molar-refractivity contribution in [3.63, 3.8) is 0 Å². The Labute approximate surface area is 129 Å². The van der Waals surface area contributed by atoms with Crippen LogP contribution in [0.25, 0.3) is 0 Å². The monoisotopic (exact) mass is 303 g/mol. The molecule has 112 valence electrons. The summed E-state index contributed by atoms with van der Waals surface area (Å²) in [6.07, 6.45) is 0.927. The van der Waals surface area contributed by atoms with E-state index < -0.39 is 0 Å². The van der Waals surface area contributed by atoms with E-state index in [0.717, 1.165) is 31.2 Å². The molecule has 1 heterocycles. The first kappa shape index (κ1) is 15.4. The Kier molecular flexibility index (Phi) is 6.09. The van der Waals surface area contributed by atoms with Crippen LogP contribution in [0.4, 0.5) is 0 Å². The maximum atomic E-state index is 5.23. The second-order valence-corrected chi connectivity index (χ2v) is 5.57. The third-order valence-electron chi connectivity index (χ3n) is 3.07. The fourth-order valence-corrected chi connectivity index (χ4v) is 2.60. The third kappa shape index (κ3) is 5.11. The smallest absolute Gasteiger partial charge is 0.191 e. The Morgan fingerprint density at radius 2 is 2.14 bits per heavy atom. The van der Waals surface area contributed by atoms with E-state index in [2.05, 4.69) is 45.3 Å². The molecule has 0 fully saturated rings. The van der Waals surface area contributed by atoms with Gasteiger partial charge >= 0.3 is 0 Å². The summed E-state index contributed by atoms with van der Waals surface area (Å²) in [5, 5.41) is 8.71. The van der Waals surface area contributed by atoms with Gasteiger partial charge in [-0.05, 0) is 35.6 Å². The van der Waals surface area contributed by atoms with Crippen molar-refractivity contribution in [1.82, 2.24) is 10.6 Å². The van der Waals surface area contributed by atoms with Crippen LogP contribution < -0.4 is 15.4 Å². The van der Waals surface area contributed by atoms with E-state index in [1.54, 1.807) is 25.5 Å². The minimum absolute atomic E-state index is 0.802. The summed E-state index contributed by atoms with van der Waals surface area (Å²) in [7, 11) is 3.48. The van der Waals surface area contributed by atoms with Crippen molar-refractivity contribution in [2.24, 2.45) is 4.99 Å². The Bertz CT molecular complexity index is 567. The molecule has 2 N–H and O–H groups in total. The number of rotatable bonds is 6. The van der Waals surface area contributed by atoms with Crippen LogP contribution in [0, 0.1) is 0 Å². The highest BCUT2D eigenvalue weighted by molar-refractivity contribution is 7.09. The average molecular weight is 303 g/mol. The van der Waals surface area contributed by atoms with Crippen LogP contribution in [0.2, 0.25) is 0 Å². The quantitative estimate of drug-likeness (QED) is 0.637. The van der Waals surface area contributed by atoms with Crippen LogP contribution in [-0.4, -0.2) is 26.7 Å². The van der Waals surface area contributed by atoms with Crippen molar-refractivity contribution < 1.29 is 4.74 Å². The molecule has 2 rings (SSSR count). The largest absolute Gasteiger partial charge is 0.497 e. The number of ether oxygens (including phenoxy) is 1. The summed E-state index contributed by atoms with van der Waals surface area (Å²) < 4.78 is 5.23. The molecule has 0 spiro atoms. The molecule has 0 saturated heterocycles. The maximum Gasteiger partial charge on any atom is 0.191 e. The highest BCUT2D eigenvalue weighted by Gasteiger charge is 2.00. The van der Waals surface area contributed by atoms with Crippen molar-refractivity contribution in [2.45, 2.75) is 13.0 Å². The summed E-state index contributed by atoms with van der Waals surface area (Å²) in [6.45, 7) is 1.63. The third-order valence-corrected chi connectivity index (χ3v) is 3.95. The molecular formula is C16H21N3OS. The number of guanidine groups is 1. The van der Waals surface area contributed by atoms with E-state index in [4.69, 9.17) is 4.74 Å². The first-order chi connectivity index (χ1) is 10.3. The fourth-order valence-electron chi connectivity index (χ4n) is 1.96. The number of benzene rings is 1. The van der Waals surface area contributed by atoms with E-state index >= 15 is 0 Å². The van der Waals surface area contributed by atoms with Gasteiger partial charge in [0.1, 0.15) is 5.75 Å². The summed E-state index contributed by atoms with van der Waals surface area (Å²) >= 11 is 1.74. The number of hydrogen-bond acceptors (Lipinski definition) is 3. The average Bonchev–Trinajstić information content (AvgIpc) is 3.04. The molecule has 0 radical (unpaired) electrons. The molecule has 0 atom stereocenters. The predicted molar refractivity (Wildman–Crippen MR) is 89.2 cm³/mol. The van der Waals surface area contributed by atoms with E-state index in [1.165, 1.54) is 10.4 Å². The first-order valence-corrected chi connectivity index (χ1v) is 7.79. The molecule has 2 aromatic rings. The molecule has 0 aliphatic rings. The van der Waals surface area contributed by atoms with Crippen LogP contribution in [0.5, 0.6) is 5.75 Å². The number of aliphatic imine (C=N–C) groups is 1. The lowest BCUT2D eigenvalue weighted by atomic mass is 10.1. The summed E-state index contributed by atoms with van der Waals surface area (Å²) in [4.78, 5) is 5.52. The van der Waals surface area contributed by atoms with Gasteiger partial charge in [0.2, 0.25) is 0 Å². The van der Waals surface area contributed by atoms with Crippen molar-refractivity contribution in [2.75, 3.05) is 20.7 Å². The zero-order valence-electron chi connectivity index (χ0n) is 12.4. The van der Waals surface area contributed by atoms with Crippen LogP contribution >= 0.6 is 11.3 Å². The SMILES string of the molecule is CN=C(NCCc1cccc(OC)c1)NCc1cccs1.